The Morgan fingerprint density at radius 2 is 1.69 bits per heavy atom. The van der Waals surface area contributed by atoms with Gasteiger partial charge in [-0.05, 0) is 55.7 Å². The number of hydrogen-bond acceptors (Lipinski definition) is 3. The molecule has 0 saturated carbocycles. The lowest BCUT2D eigenvalue weighted by Gasteiger charge is -2.30. The molecule has 0 saturated heterocycles. The maximum Gasteiger partial charge on any atom is 0.261 e. The number of hydrogen-bond donors (Lipinski definition) is 1. The standard InChI is InChI=1S/C22H26Cl2N2O3/c1-5-20(22(28)25-4)26(12-17-18(23)7-6-8-19(17)24)21(27)13-29-16-10-14(2)9-15(3)11-16/h6-11,20H,5,12-13H2,1-4H3,(H,25,28). The van der Waals surface area contributed by atoms with Crippen molar-refractivity contribution in [1.82, 2.24) is 10.2 Å². The molecule has 156 valence electrons. The number of ether oxygens (including phenoxy) is 1. The number of carbonyl (C=O) groups excluding carboxylic acids is 2. The number of rotatable bonds is 8. The molecule has 29 heavy (non-hydrogen) atoms. The monoisotopic (exact) mass is 436 g/mol. The molecule has 1 N–H and O–H groups in total. The lowest BCUT2D eigenvalue weighted by molar-refractivity contribution is -0.142. The molecule has 2 aromatic carbocycles. The zero-order valence-electron chi connectivity index (χ0n) is 17.1. The molecule has 0 aliphatic heterocycles. The van der Waals surface area contributed by atoms with Crippen molar-refractivity contribution in [3.63, 3.8) is 0 Å². The van der Waals surface area contributed by atoms with E-state index >= 15 is 0 Å². The van der Waals surface area contributed by atoms with Crippen molar-refractivity contribution in [2.75, 3.05) is 13.7 Å². The summed E-state index contributed by atoms with van der Waals surface area (Å²) >= 11 is 12.6. The van der Waals surface area contributed by atoms with Crippen LogP contribution in [0, 0.1) is 13.8 Å². The second kappa shape index (κ2) is 10.5. The van der Waals surface area contributed by atoms with Crippen LogP contribution in [0.15, 0.2) is 36.4 Å². The van der Waals surface area contributed by atoms with Gasteiger partial charge in [-0.25, -0.2) is 0 Å². The quantitative estimate of drug-likeness (QED) is 0.660. The second-order valence-electron chi connectivity index (χ2n) is 6.87. The van der Waals surface area contributed by atoms with Gasteiger partial charge in [-0.1, -0.05) is 42.3 Å². The van der Waals surface area contributed by atoms with Crippen LogP contribution < -0.4 is 10.1 Å². The van der Waals surface area contributed by atoms with Gasteiger partial charge >= 0.3 is 0 Å². The summed E-state index contributed by atoms with van der Waals surface area (Å²) in [6.45, 7) is 5.69. The first-order valence-corrected chi connectivity index (χ1v) is 10.2. The van der Waals surface area contributed by atoms with Crippen LogP contribution in [0.3, 0.4) is 0 Å². The number of benzene rings is 2. The summed E-state index contributed by atoms with van der Waals surface area (Å²) in [6.07, 6.45) is 0.442. The lowest BCUT2D eigenvalue weighted by Crippen LogP contribution is -2.49. The minimum Gasteiger partial charge on any atom is -0.484 e. The van der Waals surface area contributed by atoms with Crippen LogP contribution in [0.5, 0.6) is 5.75 Å². The van der Waals surface area contributed by atoms with Crippen LogP contribution >= 0.6 is 23.2 Å². The van der Waals surface area contributed by atoms with Gasteiger partial charge < -0.3 is 15.0 Å². The van der Waals surface area contributed by atoms with Gasteiger partial charge in [0.15, 0.2) is 6.61 Å². The summed E-state index contributed by atoms with van der Waals surface area (Å²) in [5, 5.41) is 3.50. The van der Waals surface area contributed by atoms with Gasteiger partial charge in [-0.2, -0.15) is 0 Å². The molecule has 5 nitrogen and oxygen atoms in total. The zero-order chi connectivity index (χ0) is 21.6. The Morgan fingerprint density at radius 1 is 1.10 bits per heavy atom. The predicted octanol–water partition coefficient (Wildman–Crippen LogP) is 4.54. The third-order valence-corrected chi connectivity index (χ3v) is 5.29. The van der Waals surface area contributed by atoms with E-state index in [0.29, 0.717) is 27.8 Å². The molecule has 0 aromatic heterocycles. The summed E-state index contributed by atoms with van der Waals surface area (Å²) in [6, 6.07) is 10.2. The Morgan fingerprint density at radius 3 is 2.21 bits per heavy atom. The second-order valence-corrected chi connectivity index (χ2v) is 7.69. The van der Waals surface area contributed by atoms with Gasteiger partial charge in [0, 0.05) is 29.2 Å². The van der Waals surface area contributed by atoms with E-state index in [1.54, 1.807) is 25.2 Å². The first-order chi connectivity index (χ1) is 13.8. The molecule has 0 fully saturated rings. The largest absolute Gasteiger partial charge is 0.484 e. The highest BCUT2D eigenvalue weighted by Crippen LogP contribution is 2.27. The summed E-state index contributed by atoms with van der Waals surface area (Å²) in [5.74, 6) is 0.0330. The summed E-state index contributed by atoms with van der Waals surface area (Å²) in [7, 11) is 1.54. The highest BCUT2D eigenvalue weighted by atomic mass is 35.5. The number of halogens is 2. The van der Waals surface area contributed by atoms with Crippen LogP contribution in [0.25, 0.3) is 0 Å². The Balaban J connectivity index is 2.27. The van der Waals surface area contributed by atoms with Crippen LogP contribution in [-0.4, -0.2) is 36.4 Å². The minimum absolute atomic E-state index is 0.111. The Kier molecular flexibility index (Phi) is 8.35. The first kappa shape index (κ1) is 23.0. The predicted molar refractivity (Wildman–Crippen MR) is 117 cm³/mol. The van der Waals surface area contributed by atoms with E-state index in [9.17, 15) is 9.59 Å². The van der Waals surface area contributed by atoms with Crippen molar-refractivity contribution < 1.29 is 14.3 Å². The zero-order valence-corrected chi connectivity index (χ0v) is 18.6. The maximum atomic E-state index is 13.1. The fourth-order valence-corrected chi connectivity index (χ4v) is 3.70. The molecule has 7 heteroatoms. The number of likely N-dealkylation sites (N-methyl/N-ethyl adjacent to an activating group) is 1. The Hall–Kier alpha value is -2.24. The molecule has 0 spiro atoms. The lowest BCUT2D eigenvalue weighted by atomic mass is 10.1. The van der Waals surface area contributed by atoms with E-state index in [4.69, 9.17) is 27.9 Å². The van der Waals surface area contributed by atoms with Gasteiger partial charge in [0.2, 0.25) is 5.91 Å². The van der Waals surface area contributed by atoms with Gasteiger partial charge in [0.25, 0.3) is 5.91 Å². The fraction of sp³-hybridized carbons (Fsp3) is 0.364. The summed E-state index contributed by atoms with van der Waals surface area (Å²) in [5.41, 5.74) is 2.69. The van der Waals surface area contributed by atoms with Gasteiger partial charge in [-0.3, -0.25) is 9.59 Å². The molecule has 0 bridgehead atoms. The van der Waals surface area contributed by atoms with Crippen LogP contribution in [0.2, 0.25) is 10.0 Å². The average molecular weight is 437 g/mol. The van der Waals surface area contributed by atoms with Crippen molar-refractivity contribution >= 4 is 35.0 Å². The number of nitrogens with zero attached hydrogens (tertiary/aromatic N) is 1. The van der Waals surface area contributed by atoms with Gasteiger partial charge in [0.1, 0.15) is 11.8 Å². The SMILES string of the molecule is CCC(C(=O)NC)N(Cc1c(Cl)cccc1Cl)C(=O)COc1cc(C)cc(C)c1. The van der Waals surface area contributed by atoms with Gasteiger partial charge in [-0.15, -0.1) is 0 Å². The average Bonchev–Trinajstić information content (AvgIpc) is 2.67. The van der Waals surface area contributed by atoms with E-state index in [-0.39, 0.29) is 25.0 Å². The number of nitrogens with one attached hydrogen (secondary N) is 1. The van der Waals surface area contributed by atoms with E-state index in [1.165, 1.54) is 4.90 Å². The fourth-order valence-electron chi connectivity index (χ4n) is 3.18. The van der Waals surface area contributed by atoms with Crippen molar-refractivity contribution in [2.45, 2.75) is 39.8 Å². The van der Waals surface area contributed by atoms with E-state index in [1.807, 2.05) is 39.0 Å². The number of carbonyl (C=O) groups is 2. The molecule has 0 heterocycles. The number of aryl methyl sites for hydroxylation is 2. The highest BCUT2D eigenvalue weighted by molar-refractivity contribution is 6.36. The molecular weight excluding hydrogens is 411 g/mol. The Bertz CT molecular complexity index is 846. The van der Waals surface area contributed by atoms with Crippen molar-refractivity contribution in [3.05, 3.63) is 63.1 Å². The molecule has 0 aliphatic rings. The maximum absolute atomic E-state index is 13.1. The molecule has 2 aromatic rings. The topological polar surface area (TPSA) is 58.6 Å². The molecule has 0 radical (unpaired) electrons. The van der Waals surface area contributed by atoms with Crippen molar-refractivity contribution in [1.29, 1.82) is 0 Å². The van der Waals surface area contributed by atoms with Crippen LogP contribution in [-0.2, 0) is 16.1 Å². The molecule has 1 atom stereocenters. The minimum atomic E-state index is -0.664. The van der Waals surface area contributed by atoms with Crippen LogP contribution in [0.4, 0.5) is 0 Å². The van der Waals surface area contributed by atoms with Gasteiger partial charge in [0.05, 0.1) is 0 Å². The molecular formula is C22H26Cl2N2O3. The van der Waals surface area contributed by atoms with E-state index < -0.39 is 6.04 Å². The summed E-state index contributed by atoms with van der Waals surface area (Å²) in [4.78, 5) is 26.9. The van der Waals surface area contributed by atoms with E-state index in [0.717, 1.165) is 11.1 Å². The normalized spacial score (nSPS) is 11.7. The van der Waals surface area contributed by atoms with E-state index in [2.05, 4.69) is 5.32 Å². The third kappa shape index (κ3) is 6.12. The summed E-state index contributed by atoms with van der Waals surface area (Å²) < 4.78 is 5.73. The smallest absolute Gasteiger partial charge is 0.261 e. The first-order valence-electron chi connectivity index (χ1n) is 9.41. The highest BCUT2D eigenvalue weighted by Gasteiger charge is 2.29. The molecule has 0 aliphatic carbocycles. The molecule has 2 rings (SSSR count). The van der Waals surface area contributed by atoms with Crippen LogP contribution in [0.1, 0.15) is 30.0 Å². The number of amides is 2. The third-order valence-electron chi connectivity index (χ3n) is 4.58. The Labute approximate surface area is 181 Å². The van der Waals surface area contributed by atoms with Crippen molar-refractivity contribution in [3.8, 4) is 5.75 Å². The molecule has 1 unspecified atom stereocenters. The molecule has 2 amide bonds. The van der Waals surface area contributed by atoms with Crippen molar-refractivity contribution in [2.24, 2.45) is 0 Å².